The van der Waals surface area contributed by atoms with Crippen molar-refractivity contribution < 1.29 is 22.7 Å². The van der Waals surface area contributed by atoms with E-state index in [2.05, 4.69) is 5.10 Å². The molecule has 34 heavy (non-hydrogen) atoms. The Morgan fingerprint density at radius 2 is 1.59 bits per heavy atom. The summed E-state index contributed by atoms with van der Waals surface area (Å²) in [6.45, 7) is 3.42. The van der Waals surface area contributed by atoms with Gasteiger partial charge in [0.15, 0.2) is 5.69 Å². The minimum atomic E-state index is -4.42. The molecule has 178 valence electrons. The fourth-order valence-electron chi connectivity index (χ4n) is 3.87. The summed E-state index contributed by atoms with van der Waals surface area (Å²) in [6.07, 6.45) is -4.42. The molecule has 10 heteroatoms. The van der Waals surface area contributed by atoms with Gasteiger partial charge >= 0.3 is 12.1 Å². The van der Waals surface area contributed by atoms with Gasteiger partial charge in [-0.2, -0.15) is 23.0 Å². The number of carbonyl (C=O) groups excluding carboxylic acids is 1. The molecule has 0 N–H and O–H groups in total. The van der Waals surface area contributed by atoms with E-state index < -0.39 is 23.3 Å². The number of ether oxygens (including phenoxy) is 1. The van der Waals surface area contributed by atoms with E-state index in [-0.39, 0.29) is 12.3 Å². The number of esters is 1. The molecule has 2 heterocycles. The molecule has 1 aliphatic heterocycles. The van der Waals surface area contributed by atoms with Crippen LogP contribution in [-0.4, -0.2) is 48.5 Å². The number of hydrogen-bond acceptors (Lipinski definition) is 6. The first kappa shape index (κ1) is 23.3. The van der Waals surface area contributed by atoms with E-state index in [0.717, 1.165) is 16.8 Å². The standard InChI is InChI=1S/C24H23F3N4O3/c1-2-34-23(33)22-20(16-21(32)31(28-22)18-8-4-3-5-9-18)30-13-11-29(12-14-30)19-10-6-7-17(15-19)24(25,26)27/h3-10,15-16H,2,11-14H2,1H3. The maximum absolute atomic E-state index is 13.1. The molecule has 0 unspecified atom stereocenters. The van der Waals surface area contributed by atoms with Crippen LogP contribution in [0.5, 0.6) is 0 Å². The highest BCUT2D eigenvalue weighted by atomic mass is 19.4. The highest BCUT2D eigenvalue weighted by Crippen LogP contribution is 2.32. The van der Waals surface area contributed by atoms with Gasteiger partial charge in [0.25, 0.3) is 5.56 Å². The van der Waals surface area contributed by atoms with E-state index in [0.29, 0.717) is 43.2 Å². The van der Waals surface area contributed by atoms with Crippen LogP contribution in [0, 0.1) is 0 Å². The van der Waals surface area contributed by atoms with Crippen LogP contribution < -0.4 is 15.4 Å². The second kappa shape index (κ2) is 9.58. The Morgan fingerprint density at radius 3 is 2.24 bits per heavy atom. The molecule has 0 saturated carbocycles. The lowest BCUT2D eigenvalue weighted by atomic mass is 10.1. The first-order valence-electron chi connectivity index (χ1n) is 10.8. The van der Waals surface area contributed by atoms with Gasteiger partial charge in [0.05, 0.1) is 23.5 Å². The third kappa shape index (κ3) is 4.90. The zero-order valence-electron chi connectivity index (χ0n) is 18.5. The lowest BCUT2D eigenvalue weighted by molar-refractivity contribution is -0.137. The van der Waals surface area contributed by atoms with Gasteiger partial charge in [-0.3, -0.25) is 4.79 Å². The van der Waals surface area contributed by atoms with E-state index in [1.807, 2.05) is 9.80 Å². The first-order valence-corrected chi connectivity index (χ1v) is 10.8. The molecule has 0 atom stereocenters. The van der Waals surface area contributed by atoms with Crippen molar-refractivity contribution in [3.63, 3.8) is 0 Å². The summed E-state index contributed by atoms with van der Waals surface area (Å²) in [5.74, 6) is -0.650. The molecule has 1 aromatic heterocycles. The van der Waals surface area contributed by atoms with E-state index in [4.69, 9.17) is 4.74 Å². The zero-order valence-corrected chi connectivity index (χ0v) is 18.5. The SMILES string of the molecule is CCOC(=O)c1nn(-c2ccccc2)c(=O)cc1N1CCN(c2cccc(C(F)(F)F)c2)CC1. The number of benzene rings is 2. The van der Waals surface area contributed by atoms with E-state index in [1.54, 1.807) is 43.3 Å². The van der Waals surface area contributed by atoms with Crippen molar-refractivity contribution in [3.8, 4) is 5.69 Å². The normalized spacial score (nSPS) is 14.2. The van der Waals surface area contributed by atoms with Crippen molar-refractivity contribution in [2.45, 2.75) is 13.1 Å². The van der Waals surface area contributed by atoms with E-state index in [1.165, 1.54) is 12.1 Å². The van der Waals surface area contributed by atoms with Gasteiger partial charge in [0.2, 0.25) is 0 Å². The Balaban J connectivity index is 1.61. The number of aromatic nitrogens is 2. The number of halogens is 3. The van der Waals surface area contributed by atoms with Gasteiger partial charge in [-0.15, -0.1) is 0 Å². The van der Waals surface area contributed by atoms with Crippen molar-refractivity contribution in [3.05, 3.63) is 82.3 Å². The predicted molar refractivity (Wildman–Crippen MR) is 122 cm³/mol. The van der Waals surface area contributed by atoms with Crippen LogP contribution in [0.3, 0.4) is 0 Å². The molecule has 0 aliphatic carbocycles. The molecule has 3 aromatic rings. The van der Waals surface area contributed by atoms with Crippen molar-refractivity contribution >= 4 is 17.3 Å². The lowest BCUT2D eigenvalue weighted by Crippen LogP contribution is -2.47. The summed E-state index contributed by atoms with van der Waals surface area (Å²) in [5, 5.41) is 4.30. The molecule has 1 fully saturated rings. The second-order valence-electron chi connectivity index (χ2n) is 7.71. The number of rotatable bonds is 5. The average molecular weight is 472 g/mol. The molecule has 4 rings (SSSR count). The highest BCUT2D eigenvalue weighted by molar-refractivity contribution is 5.93. The topological polar surface area (TPSA) is 67.7 Å². The first-order chi connectivity index (χ1) is 16.3. The summed E-state index contributed by atoms with van der Waals surface area (Å²) < 4.78 is 45.6. The maximum atomic E-state index is 13.1. The minimum absolute atomic E-state index is 0.0119. The number of para-hydroxylation sites is 1. The quantitative estimate of drug-likeness (QED) is 0.527. The molecule has 0 spiro atoms. The van der Waals surface area contributed by atoms with E-state index in [9.17, 15) is 22.8 Å². The van der Waals surface area contributed by atoms with Crippen molar-refractivity contribution in [1.29, 1.82) is 0 Å². The Morgan fingerprint density at radius 1 is 0.941 bits per heavy atom. The number of nitrogens with zero attached hydrogens (tertiary/aromatic N) is 4. The maximum Gasteiger partial charge on any atom is 0.416 e. The van der Waals surface area contributed by atoms with Gasteiger partial charge in [-0.05, 0) is 37.3 Å². The number of hydrogen-bond donors (Lipinski definition) is 0. The van der Waals surface area contributed by atoms with Crippen molar-refractivity contribution in [2.24, 2.45) is 0 Å². The van der Waals surface area contributed by atoms with Crippen LogP contribution in [0.15, 0.2) is 65.5 Å². The Bertz CT molecular complexity index is 1220. The van der Waals surface area contributed by atoms with Crippen molar-refractivity contribution in [1.82, 2.24) is 9.78 Å². The van der Waals surface area contributed by atoms with Crippen LogP contribution in [-0.2, 0) is 10.9 Å². The molecule has 0 amide bonds. The molecule has 7 nitrogen and oxygen atoms in total. The Labute approximate surface area is 194 Å². The van der Waals surface area contributed by atoms with E-state index >= 15 is 0 Å². The third-order valence-electron chi connectivity index (χ3n) is 5.54. The lowest BCUT2D eigenvalue weighted by Gasteiger charge is -2.37. The summed E-state index contributed by atoms with van der Waals surface area (Å²) in [4.78, 5) is 29.2. The van der Waals surface area contributed by atoms with Crippen LogP contribution in [0.2, 0.25) is 0 Å². The minimum Gasteiger partial charge on any atom is -0.461 e. The number of carbonyl (C=O) groups is 1. The molecular weight excluding hydrogens is 449 g/mol. The number of anilines is 2. The summed E-state index contributed by atoms with van der Waals surface area (Å²) in [5.41, 5.74) is 0.231. The predicted octanol–water partition coefficient (Wildman–Crippen LogP) is 3.75. The summed E-state index contributed by atoms with van der Waals surface area (Å²) in [6, 6.07) is 15.3. The smallest absolute Gasteiger partial charge is 0.416 e. The Hall–Kier alpha value is -3.82. The summed E-state index contributed by atoms with van der Waals surface area (Å²) >= 11 is 0. The van der Waals surface area contributed by atoms with Gasteiger partial charge < -0.3 is 14.5 Å². The third-order valence-corrected chi connectivity index (χ3v) is 5.54. The fourth-order valence-corrected chi connectivity index (χ4v) is 3.87. The second-order valence-corrected chi connectivity index (χ2v) is 7.71. The van der Waals surface area contributed by atoms with Gasteiger partial charge in [0, 0.05) is 37.9 Å². The molecule has 1 aliphatic rings. The molecule has 2 aromatic carbocycles. The molecular formula is C24H23F3N4O3. The number of alkyl halides is 3. The van der Waals surface area contributed by atoms with Gasteiger partial charge in [0.1, 0.15) is 0 Å². The fraction of sp³-hybridized carbons (Fsp3) is 0.292. The van der Waals surface area contributed by atoms with Crippen LogP contribution >= 0.6 is 0 Å². The molecule has 0 bridgehead atoms. The highest BCUT2D eigenvalue weighted by Gasteiger charge is 2.31. The summed E-state index contributed by atoms with van der Waals surface area (Å²) in [7, 11) is 0. The largest absolute Gasteiger partial charge is 0.461 e. The molecule has 0 radical (unpaired) electrons. The Kier molecular flexibility index (Phi) is 6.58. The monoisotopic (exact) mass is 472 g/mol. The molecule has 1 saturated heterocycles. The van der Waals surface area contributed by atoms with Gasteiger partial charge in [-0.1, -0.05) is 24.3 Å². The van der Waals surface area contributed by atoms with Crippen LogP contribution in [0.4, 0.5) is 24.5 Å². The van der Waals surface area contributed by atoms with Crippen molar-refractivity contribution in [2.75, 3.05) is 42.6 Å². The van der Waals surface area contributed by atoms with Crippen LogP contribution in [0.25, 0.3) is 5.69 Å². The average Bonchev–Trinajstić information content (AvgIpc) is 2.84. The van der Waals surface area contributed by atoms with Crippen LogP contribution in [0.1, 0.15) is 23.0 Å². The van der Waals surface area contributed by atoms with Gasteiger partial charge in [-0.25, -0.2) is 4.79 Å². The zero-order chi connectivity index (χ0) is 24.3. The number of piperazine rings is 1.